The molecule has 0 saturated carbocycles. The van der Waals surface area contributed by atoms with Crippen molar-refractivity contribution in [2.24, 2.45) is 5.41 Å². The highest BCUT2D eigenvalue weighted by Gasteiger charge is 2.27. The van der Waals surface area contributed by atoms with E-state index >= 15 is 0 Å². The van der Waals surface area contributed by atoms with E-state index in [1.54, 1.807) is 0 Å². The minimum absolute atomic E-state index is 0.143. The van der Waals surface area contributed by atoms with Gasteiger partial charge in [0.15, 0.2) is 0 Å². The Bertz CT molecular complexity index is 461. The Balaban J connectivity index is 2.27. The summed E-state index contributed by atoms with van der Waals surface area (Å²) in [6.45, 7) is 10.8. The smallest absolute Gasteiger partial charge is 0.231 e. The van der Waals surface area contributed by atoms with Crippen molar-refractivity contribution >= 4 is 17.8 Å². The summed E-state index contributed by atoms with van der Waals surface area (Å²) < 4.78 is 0. The molecule has 0 aromatic carbocycles. The molecule has 1 aliphatic rings. The summed E-state index contributed by atoms with van der Waals surface area (Å²) in [4.78, 5) is 17.4. The van der Waals surface area contributed by atoms with Crippen molar-refractivity contribution in [2.45, 2.75) is 46.6 Å². The fraction of sp³-hybridized carbons (Fsp3) is 0.786. The molecular weight excluding hydrogens is 252 g/mol. The van der Waals surface area contributed by atoms with Gasteiger partial charge in [0.1, 0.15) is 0 Å². The zero-order chi connectivity index (χ0) is 14.9. The summed E-state index contributed by atoms with van der Waals surface area (Å²) in [6.07, 6.45) is 2.38. The van der Waals surface area contributed by atoms with E-state index in [1.165, 1.54) is 12.8 Å². The molecule has 1 aromatic rings. The van der Waals surface area contributed by atoms with Gasteiger partial charge in [-0.05, 0) is 25.2 Å². The fourth-order valence-electron chi connectivity index (χ4n) is 2.34. The Kier molecular flexibility index (Phi) is 4.01. The maximum Gasteiger partial charge on any atom is 0.231 e. The van der Waals surface area contributed by atoms with Gasteiger partial charge in [0.2, 0.25) is 17.8 Å². The number of nitrogen functional groups attached to an aromatic ring is 1. The van der Waals surface area contributed by atoms with Gasteiger partial charge in [-0.25, -0.2) is 0 Å². The monoisotopic (exact) mass is 278 g/mol. The molecule has 1 aliphatic heterocycles. The second kappa shape index (κ2) is 5.42. The quantitative estimate of drug-likeness (QED) is 0.911. The second-order valence-electron chi connectivity index (χ2n) is 6.64. The van der Waals surface area contributed by atoms with E-state index in [-0.39, 0.29) is 5.41 Å². The highest BCUT2D eigenvalue weighted by molar-refractivity contribution is 5.44. The lowest BCUT2D eigenvalue weighted by Gasteiger charge is -2.35. The topological polar surface area (TPSA) is 71.2 Å². The molecule has 2 heterocycles. The molecule has 6 nitrogen and oxygen atoms in total. The summed E-state index contributed by atoms with van der Waals surface area (Å²) in [5, 5.41) is 0. The third-order valence-corrected chi connectivity index (χ3v) is 4.17. The summed E-state index contributed by atoms with van der Waals surface area (Å²) >= 11 is 0. The lowest BCUT2D eigenvalue weighted by atomic mass is 9.87. The molecular formula is C14H26N6. The first-order chi connectivity index (χ1) is 9.29. The summed E-state index contributed by atoms with van der Waals surface area (Å²) in [6, 6.07) is 0.302. The van der Waals surface area contributed by atoms with Gasteiger partial charge < -0.3 is 15.5 Å². The third kappa shape index (κ3) is 3.11. The zero-order valence-electron chi connectivity index (χ0n) is 13.2. The molecule has 2 N–H and O–H groups in total. The average molecular weight is 278 g/mol. The summed E-state index contributed by atoms with van der Waals surface area (Å²) in [5.74, 6) is 1.66. The van der Waals surface area contributed by atoms with Gasteiger partial charge in [0, 0.05) is 26.2 Å². The van der Waals surface area contributed by atoms with Gasteiger partial charge >= 0.3 is 0 Å². The van der Waals surface area contributed by atoms with Crippen LogP contribution in [0.3, 0.4) is 0 Å². The van der Waals surface area contributed by atoms with Crippen LogP contribution in [0.2, 0.25) is 0 Å². The molecule has 1 saturated heterocycles. The molecule has 20 heavy (non-hydrogen) atoms. The van der Waals surface area contributed by atoms with E-state index in [2.05, 4.69) is 52.4 Å². The van der Waals surface area contributed by atoms with E-state index in [0.29, 0.717) is 23.9 Å². The molecule has 1 fully saturated rings. The molecule has 0 amide bonds. The van der Waals surface area contributed by atoms with Crippen LogP contribution >= 0.6 is 0 Å². The minimum Gasteiger partial charge on any atom is -0.368 e. The van der Waals surface area contributed by atoms with Gasteiger partial charge in [0.25, 0.3) is 0 Å². The van der Waals surface area contributed by atoms with E-state index in [4.69, 9.17) is 5.73 Å². The van der Waals surface area contributed by atoms with Crippen LogP contribution in [-0.2, 0) is 0 Å². The Morgan fingerprint density at radius 2 is 1.75 bits per heavy atom. The predicted octanol–water partition coefficient (Wildman–Crippen LogP) is 1.92. The van der Waals surface area contributed by atoms with E-state index < -0.39 is 0 Å². The largest absolute Gasteiger partial charge is 0.368 e. The van der Waals surface area contributed by atoms with Crippen LogP contribution < -0.4 is 15.5 Å². The van der Waals surface area contributed by atoms with Crippen LogP contribution in [0.5, 0.6) is 0 Å². The first-order valence-electron chi connectivity index (χ1n) is 7.28. The number of aromatic nitrogens is 3. The number of rotatable bonds is 3. The summed E-state index contributed by atoms with van der Waals surface area (Å²) in [7, 11) is 2.01. The van der Waals surface area contributed by atoms with Crippen LogP contribution in [-0.4, -0.2) is 41.1 Å². The van der Waals surface area contributed by atoms with Gasteiger partial charge in [-0.1, -0.05) is 20.8 Å². The van der Waals surface area contributed by atoms with Crippen LogP contribution in [0.25, 0.3) is 0 Å². The van der Waals surface area contributed by atoms with E-state index in [9.17, 15) is 0 Å². The van der Waals surface area contributed by atoms with E-state index in [1.807, 2.05) is 7.05 Å². The maximum absolute atomic E-state index is 5.86. The van der Waals surface area contributed by atoms with Gasteiger partial charge in [0.05, 0.1) is 0 Å². The molecule has 2 rings (SSSR count). The Hall–Kier alpha value is -1.59. The molecule has 6 heteroatoms. The highest BCUT2D eigenvalue weighted by atomic mass is 15.4. The normalized spacial score (nSPS) is 17.4. The average Bonchev–Trinajstić information content (AvgIpc) is 2.89. The first kappa shape index (κ1) is 14.8. The highest BCUT2D eigenvalue weighted by Crippen LogP contribution is 2.27. The lowest BCUT2D eigenvalue weighted by Crippen LogP contribution is -2.40. The van der Waals surface area contributed by atoms with Crippen molar-refractivity contribution in [1.82, 2.24) is 15.0 Å². The van der Waals surface area contributed by atoms with Crippen LogP contribution in [0, 0.1) is 5.41 Å². The maximum atomic E-state index is 5.86. The fourth-order valence-corrected chi connectivity index (χ4v) is 2.34. The number of hydrogen-bond acceptors (Lipinski definition) is 6. The molecule has 0 radical (unpaired) electrons. The molecule has 1 aromatic heterocycles. The van der Waals surface area contributed by atoms with Gasteiger partial charge in [-0.15, -0.1) is 0 Å². The van der Waals surface area contributed by atoms with Crippen molar-refractivity contribution in [1.29, 1.82) is 0 Å². The number of nitrogens with zero attached hydrogens (tertiary/aromatic N) is 5. The second-order valence-corrected chi connectivity index (χ2v) is 6.64. The van der Waals surface area contributed by atoms with Crippen LogP contribution in [0.1, 0.15) is 40.5 Å². The SMILES string of the molecule is CC(N(C)c1nc(N)nc(N2CCCC2)n1)C(C)(C)C. The zero-order valence-corrected chi connectivity index (χ0v) is 13.2. The standard InChI is InChI=1S/C14H26N6/c1-10(14(2,3)4)19(5)12-16-11(15)17-13(18-12)20-8-6-7-9-20/h10H,6-9H2,1-5H3,(H2,15,16,17,18). The first-order valence-corrected chi connectivity index (χ1v) is 7.28. The molecule has 0 spiro atoms. The third-order valence-electron chi connectivity index (χ3n) is 4.17. The van der Waals surface area contributed by atoms with Crippen molar-refractivity contribution in [3.8, 4) is 0 Å². The number of nitrogens with two attached hydrogens (primary N) is 1. The lowest BCUT2D eigenvalue weighted by molar-refractivity contribution is 0.327. The van der Waals surface area contributed by atoms with Crippen LogP contribution in [0.15, 0.2) is 0 Å². The molecule has 0 bridgehead atoms. The van der Waals surface area contributed by atoms with Crippen molar-refractivity contribution in [3.63, 3.8) is 0 Å². The van der Waals surface area contributed by atoms with Crippen molar-refractivity contribution in [3.05, 3.63) is 0 Å². The van der Waals surface area contributed by atoms with Gasteiger partial charge in [-0.2, -0.15) is 15.0 Å². The number of hydrogen-bond donors (Lipinski definition) is 1. The molecule has 112 valence electrons. The van der Waals surface area contributed by atoms with E-state index in [0.717, 1.165) is 13.1 Å². The Morgan fingerprint density at radius 3 is 2.30 bits per heavy atom. The Labute approximate surface area is 121 Å². The molecule has 1 unspecified atom stereocenters. The predicted molar refractivity (Wildman–Crippen MR) is 83.0 cm³/mol. The van der Waals surface area contributed by atoms with Gasteiger partial charge in [-0.3, -0.25) is 0 Å². The summed E-state index contributed by atoms with van der Waals surface area (Å²) in [5.41, 5.74) is 6.00. The van der Waals surface area contributed by atoms with Crippen LogP contribution in [0.4, 0.5) is 17.8 Å². The van der Waals surface area contributed by atoms with Crippen molar-refractivity contribution < 1.29 is 0 Å². The molecule has 1 atom stereocenters. The molecule has 0 aliphatic carbocycles. The minimum atomic E-state index is 0.143. The Morgan fingerprint density at radius 1 is 1.15 bits per heavy atom. The van der Waals surface area contributed by atoms with Crippen molar-refractivity contribution in [2.75, 3.05) is 35.7 Å². The number of anilines is 3.